The average molecular weight is 631 g/mol. The third-order valence-electron chi connectivity index (χ3n) is 8.17. The summed E-state index contributed by atoms with van der Waals surface area (Å²) < 4.78 is 12.6. The minimum absolute atomic E-state index is 0.175. The van der Waals surface area contributed by atoms with Crippen molar-refractivity contribution in [3.63, 3.8) is 0 Å². The monoisotopic (exact) mass is 630 g/mol. The molecule has 3 aromatic rings. The summed E-state index contributed by atoms with van der Waals surface area (Å²) in [6.45, 7) is 6.55. The molecule has 1 heterocycles. The first-order valence-electron chi connectivity index (χ1n) is 15.9. The van der Waals surface area contributed by atoms with Crippen LogP contribution in [0.4, 0.5) is 16.2 Å². The number of urea groups is 1. The Hall–Kier alpha value is -4.41. The molecule has 4 amide bonds. The first kappa shape index (κ1) is 34.5. The highest BCUT2D eigenvalue weighted by Gasteiger charge is 2.31. The number of amides is 4. The Balaban J connectivity index is 1.60. The molecule has 0 bridgehead atoms. The summed E-state index contributed by atoms with van der Waals surface area (Å²) in [6.07, 6.45) is 1.86. The second-order valence-corrected chi connectivity index (χ2v) is 12.0. The molecule has 10 nitrogen and oxygen atoms in total. The van der Waals surface area contributed by atoms with Crippen molar-refractivity contribution in [2.24, 2.45) is 5.92 Å². The van der Waals surface area contributed by atoms with Crippen LogP contribution in [-0.2, 0) is 4.74 Å². The summed E-state index contributed by atoms with van der Waals surface area (Å²) >= 11 is 0. The van der Waals surface area contributed by atoms with Crippen molar-refractivity contribution in [3.05, 3.63) is 90.0 Å². The molecule has 4 rings (SSSR count). The van der Waals surface area contributed by atoms with E-state index in [4.69, 9.17) is 9.47 Å². The number of nitrogens with one attached hydrogen (secondary N) is 2. The molecule has 0 saturated heterocycles. The molecule has 1 aliphatic heterocycles. The zero-order chi connectivity index (χ0) is 33.1. The summed E-state index contributed by atoms with van der Waals surface area (Å²) in [4.78, 5) is 43.4. The van der Waals surface area contributed by atoms with E-state index in [0.717, 1.165) is 19.3 Å². The third kappa shape index (κ3) is 9.55. The van der Waals surface area contributed by atoms with Gasteiger partial charge < -0.3 is 35.0 Å². The Labute approximate surface area is 271 Å². The van der Waals surface area contributed by atoms with Gasteiger partial charge in [-0.3, -0.25) is 9.59 Å². The Morgan fingerprint density at radius 3 is 2.37 bits per heavy atom. The second-order valence-electron chi connectivity index (χ2n) is 12.0. The number of rotatable bonds is 7. The van der Waals surface area contributed by atoms with Gasteiger partial charge in [0.15, 0.2) is 0 Å². The van der Waals surface area contributed by atoms with Gasteiger partial charge in [-0.15, -0.1) is 0 Å². The van der Waals surface area contributed by atoms with Crippen LogP contribution in [0.1, 0.15) is 60.7 Å². The van der Waals surface area contributed by atoms with Crippen LogP contribution in [0.2, 0.25) is 0 Å². The molecule has 10 heteroatoms. The summed E-state index contributed by atoms with van der Waals surface area (Å²) in [5.74, 6) is -0.410. The predicted molar refractivity (Wildman–Crippen MR) is 179 cm³/mol. The molecule has 0 radical (unpaired) electrons. The molecule has 4 atom stereocenters. The lowest BCUT2D eigenvalue weighted by molar-refractivity contribution is -0.0115. The van der Waals surface area contributed by atoms with Crippen molar-refractivity contribution in [1.82, 2.24) is 9.80 Å². The minimum Gasteiger partial charge on any atom is -0.490 e. The molecule has 0 saturated carbocycles. The normalized spacial score (nSPS) is 20.0. The third-order valence-corrected chi connectivity index (χ3v) is 8.17. The number of likely N-dealkylation sites (N-methyl/N-ethyl adjacent to an activating group) is 1. The van der Waals surface area contributed by atoms with E-state index in [9.17, 15) is 19.5 Å². The predicted octanol–water partition coefficient (Wildman–Crippen LogP) is 5.90. The van der Waals surface area contributed by atoms with Crippen LogP contribution in [0.5, 0.6) is 5.75 Å². The number of para-hydroxylation sites is 1. The maximum Gasteiger partial charge on any atom is 0.321 e. The van der Waals surface area contributed by atoms with Gasteiger partial charge in [-0.05, 0) is 75.6 Å². The fraction of sp³-hybridized carbons (Fsp3) is 0.417. The van der Waals surface area contributed by atoms with Crippen LogP contribution in [0.3, 0.4) is 0 Å². The summed E-state index contributed by atoms with van der Waals surface area (Å²) in [7, 11) is 1.72. The smallest absolute Gasteiger partial charge is 0.321 e. The highest BCUT2D eigenvalue weighted by atomic mass is 16.5. The van der Waals surface area contributed by atoms with E-state index in [1.54, 1.807) is 66.2 Å². The molecule has 246 valence electrons. The number of carbonyl (C=O) groups is 3. The van der Waals surface area contributed by atoms with Gasteiger partial charge in [-0.1, -0.05) is 43.3 Å². The molecule has 0 aromatic heterocycles. The number of fused-ring (bicyclic) bond motifs is 1. The molecule has 0 fully saturated rings. The summed E-state index contributed by atoms with van der Waals surface area (Å²) in [5, 5.41) is 16.0. The Morgan fingerprint density at radius 1 is 0.978 bits per heavy atom. The molecular weight excluding hydrogens is 584 g/mol. The van der Waals surface area contributed by atoms with Crippen molar-refractivity contribution in [2.75, 3.05) is 44.0 Å². The molecule has 3 aromatic carbocycles. The largest absolute Gasteiger partial charge is 0.490 e. The number of benzene rings is 3. The standard InChI is InChI=1S/C36H46N4O6/c1-25-22-40(26(2)24-41)35(43)31-21-30(37-34(42)28-14-7-5-8-15-28)18-19-32(31)46-27(3)13-11-12-20-45-33(25)23-39(4)36(44)38-29-16-9-6-10-17-29/h5-10,14-19,21,25-27,33,41H,11-13,20,22-24H2,1-4H3,(H,37,42)(H,38,44)/t25-,26-,27+,33+/m0/s1. The van der Waals surface area contributed by atoms with Gasteiger partial charge in [0, 0.05) is 49.6 Å². The van der Waals surface area contributed by atoms with Crippen LogP contribution in [-0.4, -0.2) is 84.4 Å². The number of nitrogens with zero attached hydrogens (tertiary/aromatic N) is 2. The maximum absolute atomic E-state index is 14.3. The average Bonchev–Trinajstić information content (AvgIpc) is 3.06. The van der Waals surface area contributed by atoms with E-state index in [1.807, 2.05) is 50.2 Å². The van der Waals surface area contributed by atoms with E-state index < -0.39 is 6.04 Å². The van der Waals surface area contributed by atoms with Crippen LogP contribution in [0, 0.1) is 5.92 Å². The van der Waals surface area contributed by atoms with Crippen molar-refractivity contribution < 1.29 is 29.0 Å². The van der Waals surface area contributed by atoms with Crippen LogP contribution in [0.15, 0.2) is 78.9 Å². The topological polar surface area (TPSA) is 120 Å². The van der Waals surface area contributed by atoms with Gasteiger partial charge in [-0.2, -0.15) is 0 Å². The van der Waals surface area contributed by atoms with Crippen molar-refractivity contribution in [1.29, 1.82) is 0 Å². The van der Waals surface area contributed by atoms with Gasteiger partial charge in [0.1, 0.15) is 5.75 Å². The van der Waals surface area contributed by atoms with Gasteiger partial charge in [0.2, 0.25) is 0 Å². The first-order valence-corrected chi connectivity index (χ1v) is 15.9. The van der Waals surface area contributed by atoms with Gasteiger partial charge in [0.05, 0.1) is 30.4 Å². The molecular formula is C36H46N4O6. The number of aliphatic hydroxyl groups excluding tert-OH is 1. The number of aliphatic hydroxyl groups is 1. The highest BCUT2D eigenvalue weighted by Crippen LogP contribution is 2.29. The first-order chi connectivity index (χ1) is 22.2. The second kappa shape index (κ2) is 16.8. The minimum atomic E-state index is -0.518. The Kier molecular flexibility index (Phi) is 12.6. The number of ether oxygens (including phenoxy) is 2. The molecule has 0 aliphatic carbocycles. The number of hydrogen-bond acceptors (Lipinski definition) is 6. The SMILES string of the molecule is C[C@@H]1CCCCO[C@H](CN(C)C(=O)Nc2ccccc2)[C@@H](C)CN([C@@H](C)CO)C(=O)c2cc(NC(=O)c3ccccc3)ccc2O1. The van der Waals surface area contributed by atoms with E-state index in [1.165, 1.54) is 0 Å². The van der Waals surface area contributed by atoms with Crippen LogP contribution in [0.25, 0.3) is 0 Å². The van der Waals surface area contributed by atoms with Gasteiger partial charge in [0.25, 0.3) is 11.8 Å². The maximum atomic E-state index is 14.3. The summed E-state index contributed by atoms with van der Waals surface area (Å²) in [6, 6.07) is 22.4. The van der Waals surface area contributed by atoms with Crippen LogP contribution >= 0.6 is 0 Å². The zero-order valence-corrected chi connectivity index (χ0v) is 27.1. The summed E-state index contributed by atoms with van der Waals surface area (Å²) in [5.41, 5.74) is 1.94. The molecule has 0 unspecified atom stereocenters. The Bertz CT molecular complexity index is 1440. The highest BCUT2D eigenvalue weighted by molar-refractivity contribution is 6.05. The number of hydrogen-bond donors (Lipinski definition) is 3. The molecule has 46 heavy (non-hydrogen) atoms. The number of carbonyl (C=O) groups excluding carboxylic acids is 3. The van der Waals surface area contributed by atoms with Gasteiger partial charge in [-0.25, -0.2) is 4.79 Å². The lowest BCUT2D eigenvalue weighted by Gasteiger charge is -2.35. The van der Waals surface area contributed by atoms with Crippen molar-refractivity contribution in [2.45, 2.75) is 58.3 Å². The lowest BCUT2D eigenvalue weighted by atomic mass is 10.0. The quantitative estimate of drug-likeness (QED) is 0.299. The van der Waals surface area contributed by atoms with Crippen molar-refractivity contribution in [3.8, 4) is 5.75 Å². The molecule has 1 aliphatic rings. The number of anilines is 2. The van der Waals surface area contributed by atoms with E-state index >= 15 is 0 Å². The Morgan fingerprint density at radius 2 is 1.67 bits per heavy atom. The van der Waals surface area contributed by atoms with Crippen molar-refractivity contribution >= 4 is 29.2 Å². The van der Waals surface area contributed by atoms with E-state index in [2.05, 4.69) is 10.6 Å². The molecule has 3 N–H and O–H groups in total. The van der Waals surface area contributed by atoms with E-state index in [-0.39, 0.29) is 49.1 Å². The van der Waals surface area contributed by atoms with Gasteiger partial charge >= 0.3 is 6.03 Å². The molecule has 0 spiro atoms. The van der Waals surface area contributed by atoms with Crippen LogP contribution < -0.4 is 15.4 Å². The zero-order valence-electron chi connectivity index (χ0n) is 27.1. The lowest BCUT2D eigenvalue weighted by Crippen LogP contribution is -2.48. The fourth-order valence-corrected chi connectivity index (χ4v) is 5.35. The fourth-order valence-electron chi connectivity index (χ4n) is 5.35. The van der Waals surface area contributed by atoms with E-state index in [0.29, 0.717) is 41.4 Å².